The average molecular weight is 1030 g/mol. The van der Waals surface area contributed by atoms with Crippen LogP contribution in [0.15, 0.2) is 0 Å². The van der Waals surface area contributed by atoms with Gasteiger partial charge in [-0.05, 0) is 31.1 Å². The van der Waals surface area contributed by atoms with E-state index in [2.05, 4.69) is 34.6 Å². The Morgan fingerprint density at radius 1 is 0.288 bits per heavy atom. The van der Waals surface area contributed by atoms with E-state index in [0.29, 0.717) is 19.3 Å². The molecule has 0 bridgehead atoms. The van der Waals surface area contributed by atoms with Crippen LogP contribution in [-0.2, 0) is 28.6 Å². The van der Waals surface area contributed by atoms with Crippen molar-refractivity contribution < 1.29 is 28.6 Å². The predicted octanol–water partition coefficient (Wildman–Crippen LogP) is 22.4. The second kappa shape index (κ2) is 59.7. The molecule has 0 saturated carbocycles. The number of hydrogen-bond donors (Lipinski definition) is 0. The van der Waals surface area contributed by atoms with Crippen LogP contribution in [0.2, 0.25) is 0 Å². The third kappa shape index (κ3) is 59.5. The van der Waals surface area contributed by atoms with Gasteiger partial charge in [0.1, 0.15) is 13.2 Å². The van der Waals surface area contributed by atoms with Gasteiger partial charge in [-0.1, -0.05) is 343 Å². The molecule has 0 aliphatic heterocycles. The standard InChI is InChI=1S/C67H130O6/c1-6-8-9-10-11-12-13-14-15-21-27-32-37-42-47-52-57-65(68)71-60-64(61-72-66(69)58-53-48-43-38-33-28-24-23-26-31-36-41-46-51-56-63(5)7-2)73-67(70)59-54-49-44-39-34-29-22-19-17-16-18-20-25-30-35-40-45-50-55-62(3)4/h62-64H,6-61H2,1-5H3/t63?,64-/m1/s1. The minimum atomic E-state index is -0.764. The third-order valence-electron chi connectivity index (χ3n) is 15.8. The summed E-state index contributed by atoms with van der Waals surface area (Å²) in [7, 11) is 0. The van der Waals surface area contributed by atoms with E-state index in [0.717, 1.165) is 69.6 Å². The maximum Gasteiger partial charge on any atom is 0.306 e. The fourth-order valence-corrected chi connectivity index (χ4v) is 10.4. The fraction of sp³-hybridized carbons (Fsp3) is 0.955. The molecule has 0 spiro atoms. The zero-order valence-electron chi connectivity index (χ0n) is 50.3. The number of ether oxygens (including phenoxy) is 3. The van der Waals surface area contributed by atoms with Crippen LogP contribution in [0.4, 0.5) is 0 Å². The normalized spacial score (nSPS) is 12.4. The summed E-state index contributed by atoms with van der Waals surface area (Å²) < 4.78 is 17.0. The molecule has 0 rings (SSSR count). The molecule has 0 fully saturated rings. The van der Waals surface area contributed by atoms with Crippen LogP contribution in [0.5, 0.6) is 0 Å². The Bertz CT molecular complexity index is 1120. The molecular weight excluding hydrogens is 901 g/mol. The van der Waals surface area contributed by atoms with Crippen molar-refractivity contribution in [1.29, 1.82) is 0 Å². The van der Waals surface area contributed by atoms with Crippen LogP contribution in [-0.4, -0.2) is 37.2 Å². The van der Waals surface area contributed by atoms with Crippen LogP contribution in [0.1, 0.15) is 381 Å². The van der Waals surface area contributed by atoms with Crippen molar-refractivity contribution in [3.63, 3.8) is 0 Å². The quantitative estimate of drug-likeness (QED) is 0.0343. The van der Waals surface area contributed by atoms with E-state index >= 15 is 0 Å². The molecule has 0 aromatic rings. The number of unbranched alkanes of at least 4 members (excludes halogenated alkanes) is 45. The minimum absolute atomic E-state index is 0.0615. The highest BCUT2D eigenvalue weighted by Gasteiger charge is 2.19. The van der Waals surface area contributed by atoms with Crippen molar-refractivity contribution >= 4 is 17.9 Å². The highest BCUT2D eigenvalue weighted by molar-refractivity contribution is 5.71. The fourth-order valence-electron chi connectivity index (χ4n) is 10.4. The Balaban J connectivity index is 4.28. The first-order chi connectivity index (χ1) is 35.8. The van der Waals surface area contributed by atoms with Gasteiger partial charge in [0.2, 0.25) is 0 Å². The molecule has 6 nitrogen and oxygen atoms in total. The Kier molecular flexibility index (Phi) is 58.4. The van der Waals surface area contributed by atoms with Gasteiger partial charge < -0.3 is 14.2 Å². The number of rotatable bonds is 61. The first kappa shape index (κ1) is 71.4. The smallest absolute Gasteiger partial charge is 0.306 e. The average Bonchev–Trinajstić information content (AvgIpc) is 3.38. The highest BCUT2D eigenvalue weighted by atomic mass is 16.6. The Morgan fingerprint density at radius 2 is 0.521 bits per heavy atom. The number of hydrogen-bond acceptors (Lipinski definition) is 6. The van der Waals surface area contributed by atoms with Crippen LogP contribution in [0.25, 0.3) is 0 Å². The number of carbonyl (C=O) groups is 3. The molecule has 0 saturated heterocycles. The summed E-state index contributed by atoms with van der Waals surface area (Å²) in [5.74, 6) is 0.926. The maximum atomic E-state index is 12.9. The molecule has 0 aromatic carbocycles. The summed E-state index contributed by atoms with van der Waals surface area (Å²) in [6.07, 6.45) is 66.7. The lowest BCUT2D eigenvalue weighted by Crippen LogP contribution is -2.30. The van der Waals surface area contributed by atoms with E-state index < -0.39 is 6.10 Å². The van der Waals surface area contributed by atoms with Crippen molar-refractivity contribution in [3.8, 4) is 0 Å². The molecule has 73 heavy (non-hydrogen) atoms. The van der Waals surface area contributed by atoms with Crippen molar-refractivity contribution in [2.24, 2.45) is 11.8 Å². The number of carbonyl (C=O) groups excluding carboxylic acids is 3. The molecule has 1 unspecified atom stereocenters. The summed E-state index contributed by atoms with van der Waals surface area (Å²) in [6, 6.07) is 0. The monoisotopic (exact) mass is 1030 g/mol. The summed E-state index contributed by atoms with van der Waals surface area (Å²) in [5.41, 5.74) is 0. The Morgan fingerprint density at radius 3 is 0.781 bits per heavy atom. The van der Waals surface area contributed by atoms with Crippen LogP contribution in [0.3, 0.4) is 0 Å². The first-order valence-corrected chi connectivity index (χ1v) is 33.3. The van der Waals surface area contributed by atoms with Gasteiger partial charge in [-0.2, -0.15) is 0 Å². The van der Waals surface area contributed by atoms with Crippen molar-refractivity contribution in [3.05, 3.63) is 0 Å². The van der Waals surface area contributed by atoms with Gasteiger partial charge in [-0.3, -0.25) is 14.4 Å². The number of esters is 3. The van der Waals surface area contributed by atoms with Crippen LogP contribution >= 0.6 is 0 Å². The van der Waals surface area contributed by atoms with Crippen molar-refractivity contribution in [1.82, 2.24) is 0 Å². The summed E-state index contributed by atoms with van der Waals surface area (Å²) in [5, 5.41) is 0. The second-order valence-electron chi connectivity index (χ2n) is 23.8. The molecular formula is C67H130O6. The zero-order valence-corrected chi connectivity index (χ0v) is 50.3. The molecule has 0 heterocycles. The maximum absolute atomic E-state index is 12.9. The van der Waals surface area contributed by atoms with Crippen molar-refractivity contribution in [2.45, 2.75) is 387 Å². The molecule has 2 atom stereocenters. The lowest BCUT2D eigenvalue weighted by molar-refractivity contribution is -0.167. The zero-order chi connectivity index (χ0) is 53.2. The molecule has 6 heteroatoms. The van der Waals surface area contributed by atoms with Gasteiger partial charge >= 0.3 is 17.9 Å². The molecule has 0 aromatic heterocycles. The lowest BCUT2D eigenvalue weighted by Gasteiger charge is -2.18. The van der Waals surface area contributed by atoms with Gasteiger partial charge in [0.15, 0.2) is 6.10 Å². The van der Waals surface area contributed by atoms with E-state index in [-0.39, 0.29) is 31.1 Å². The van der Waals surface area contributed by atoms with Gasteiger partial charge in [-0.15, -0.1) is 0 Å². The van der Waals surface area contributed by atoms with Crippen molar-refractivity contribution in [2.75, 3.05) is 13.2 Å². The predicted molar refractivity (Wildman–Crippen MR) is 316 cm³/mol. The Labute approximate surface area is 457 Å². The van der Waals surface area contributed by atoms with Gasteiger partial charge in [0, 0.05) is 19.3 Å². The SMILES string of the molecule is CCCCCCCCCCCCCCCCCCC(=O)OC[C@H](COC(=O)CCCCCCCCCCCCCCCCC(C)CC)OC(=O)CCCCCCCCCCCCCCCCCCCCC(C)C. The highest BCUT2D eigenvalue weighted by Crippen LogP contribution is 2.20. The lowest BCUT2D eigenvalue weighted by atomic mass is 9.99. The van der Waals surface area contributed by atoms with E-state index in [1.165, 1.54) is 270 Å². The van der Waals surface area contributed by atoms with E-state index in [1.54, 1.807) is 0 Å². The largest absolute Gasteiger partial charge is 0.462 e. The molecule has 0 amide bonds. The molecule has 0 aliphatic rings. The van der Waals surface area contributed by atoms with E-state index in [9.17, 15) is 14.4 Å². The molecule has 0 N–H and O–H groups in total. The van der Waals surface area contributed by atoms with Gasteiger partial charge in [0.25, 0.3) is 0 Å². The summed E-state index contributed by atoms with van der Waals surface area (Å²) in [6.45, 7) is 11.5. The van der Waals surface area contributed by atoms with E-state index in [1.807, 2.05) is 0 Å². The van der Waals surface area contributed by atoms with Gasteiger partial charge in [0.05, 0.1) is 0 Å². The summed E-state index contributed by atoms with van der Waals surface area (Å²) >= 11 is 0. The second-order valence-corrected chi connectivity index (χ2v) is 23.8. The summed E-state index contributed by atoms with van der Waals surface area (Å²) in [4.78, 5) is 38.4. The minimum Gasteiger partial charge on any atom is -0.462 e. The molecule has 434 valence electrons. The molecule has 0 radical (unpaired) electrons. The van der Waals surface area contributed by atoms with E-state index in [4.69, 9.17) is 14.2 Å². The topological polar surface area (TPSA) is 78.9 Å². The van der Waals surface area contributed by atoms with Crippen LogP contribution < -0.4 is 0 Å². The Hall–Kier alpha value is -1.59. The third-order valence-corrected chi connectivity index (χ3v) is 15.8. The first-order valence-electron chi connectivity index (χ1n) is 33.3. The van der Waals surface area contributed by atoms with Gasteiger partial charge in [-0.25, -0.2) is 0 Å². The molecule has 0 aliphatic carbocycles. The van der Waals surface area contributed by atoms with Crippen LogP contribution in [0, 0.1) is 11.8 Å².